The van der Waals surface area contributed by atoms with Gasteiger partial charge in [0, 0.05) is 19.2 Å². The fourth-order valence-electron chi connectivity index (χ4n) is 3.39. The number of aryl methyl sites for hydroxylation is 1. The highest BCUT2D eigenvalue weighted by atomic mass is 35.5. The number of halogens is 1. The summed E-state index contributed by atoms with van der Waals surface area (Å²) < 4.78 is 4.89. The molecular weight excluding hydrogens is 364 g/mol. The van der Waals surface area contributed by atoms with E-state index >= 15 is 0 Å². The van der Waals surface area contributed by atoms with E-state index in [1.54, 1.807) is 13.0 Å². The summed E-state index contributed by atoms with van der Waals surface area (Å²) in [6.45, 7) is 5.62. The van der Waals surface area contributed by atoms with Gasteiger partial charge in [0.25, 0.3) is 0 Å². The lowest BCUT2D eigenvalue weighted by Crippen LogP contribution is -2.34. The molecule has 0 aliphatic carbocycles. The molecule has 2 atom stereocenters. The quantitative estimate of drug-likeness (QED) is 0.795. The fraction of sp³-hybridized carbons (Fsp3) is 0.688. The second kappa shape index (κ2) is 9.45. The minimum absolute atomic E-state index is 0. The van der Waals surface area contributed by atoms with E-state index < -0.39 is 0 Å². The van der Waals surface area contributed by atoms with Crippen molar-refractivity contribution in [2.75, 3.05) is 43.0 Å². The van der Waals surface area contributed by atoms with E-state index in [-0.39, 0.29) is 30.0 Å². The first-order valence-electron chi connectivity index (χ1n) is 8.41. The van der Waals surface area contributed by atoms with Crippen molar-refractivity contribution in [1.82, 2.24) is 15.4 Å². The molecule has 0 aromatic carbocycles. The van der Waals surface area contributed by atoms with E-state index in [1.807, 2.05) is 4.90 Å². The zero-order chi connectivity index (χ0) is 16.9. The Bertz CT molecular complexity index is 584. The molecule has 9 heteroatoms. The van der Waals surface area contributed by atoms with Crippen LogP contribution >= 0.6 is 24.2 Å². The van der Waals surface area contributed by atoms with Crippen LogP contribution < -0.4 is 10.6 Å². The van der Waals surface area contributed by atoms with Crippen molar-refractivity contribution in [3.05, 3.63) is 11.8 Å². The normalized spacial score (nSPS) is 22.7. The van der Waals surface area contributed by atoms with Crippen molar-refractivity contribution < 1.29 is 14.1 Å². The second-order valence-corrected chi connectivity index (χ2v) is 7.49. The summed E-state index contributed by atoms with van der Waals surface area (Å²) in [5, 5.41) is 9.81. The van der Waals surface area contributed by atoms with Crippen LogP contribution in [0, 0.1) is 18.8 Å². The van der Waals surface area contributed by atoms with Gasteiger partial charge in [0.1, 0.15) is 5.76 Å². The molecular formula is C16H25ClN4O3S. The molecule has 2 saturated heterocycles. The molecule has 0 spiro atoms. The van der Waals surface area contributed by atoms with E-state index in [0.717, 1.165) is 39.0 Å². The first kappa shape index (κ1) is 20.1. The summed E-state index contributed by atoms with van der Waals surface area (Å²) in [5.41, 5.74) is 0. The Morgan fingerprint density at radius 1 is 1.32 bits per heavy atom. The minimum atomic E-state index is -0.169. The molecule has 2 N–H and O–H groups in total. The minimum Gasteiger partial charge on any atom is -0.360 e. The summed E-state index contributed by atoms with van der Waals surface area (Å²) in [6, 6.07) is 1.66. The average Bonchev–Trinajstić information content (AvgIpc) is 3.11. The zero-order valence-electron chi connectivity index (χ0n) is 14.3. The Morgan fingerprint density at radius 2 is 2.00 bits per heavy atom. The SMILES string of the molecule is Cc1cc(NC(=O)CSCC(=O)N2CC[C@@H]3CNC[C@@H]3CC2)no1.Cl. The first-order valence-corrected chi connectivity index (χ1v) is 9.56. The van der Waals surface area contributed by atoms with E-state index in [1.165, 1.54) is 11.8 Å². The highest BCUT2D eigenvalue weighted by Gasteiger charge is 2.31. The maximum Gasteiger partial charge on any atom is 0.235 e. The van der Waals surface area contributed by atoms with Gasteiger partial charge in [0.15, 0.2) is 5.82 Å². The number of carbonyl (C=O) groups is 2. The van der Waals surface area contributed by atoms with E-state index in [2.05, 4.69) is 15.8 Å². The highest BCUT2D eigenvalue weighted by Crippen LogP contribution is 2.27. The predicted molar refractivity (Wildman–Crippen MR) is 100 cm³/mol. The van der Waals surface area contributed by atoms with Crippen molar-refractivity contribution in [1.29, 1.82) is 0 Å². The van der Waals surface area contributed by atoms with Crippen LogP contribution in [0.4, 0.5) is 5.82 Å². The van der Waals surface area contributed by atoms with Gasteiger partial charge in [-0.3, -0.25) is 9.59 Å². The van der Waals surface area contributed by atoms with Gasteiger partial charge in [0.2, 0.25) is 11.8 Å². The van der Waals surface area contributed by atoms with Crippen molar-refractivity contribution in [3.63, 3.8) is 0 Å². The van der Waals surface area contributed by atoms with Crippen LogP contribution in [0.15, 0.2) is 10.6 Å². The molecule has 0 radical (unpaired) electrons. The summed E-state index contributed by atoms with van der Waals surface area (Å²) in [5.74, 6) is 3.04. The molecule has 2 fully saturated rings. The summed E-state index contributed by atoms with van der Waals surface area (Å²) in [4.78, 5) is 26.1. The number of aromatic nitrogens is 1. The Hall–Kier alpha value is -1.25. The van der Waals surface area contributed by atoms with Gasteiger partial charge >= 0.3 is 0 Å². The van der Waals surface area contributed by atoms with Crippen LogP contribution in [0.1, 0.15) is 18.6 Å². The molecule has 0 saturated carbocycles. The number of hydrogen-bond acceptors (Lipinski definition) is 6. The summed E-state index contributed by atoms with van der Waals surface area (Å²) in [6.07, 6.45) is 2.17. The highest BCUT2D eigenvalue weighted by molar-refractivity contribution is 8.00. The molecule has 7 nitrogen and oxygen atoms in total. The molecule has 2 aliphatic rings. The molecule has 3 rings (SSSR count). The largest absolute Gasteiger partial charge is 0.360 e. The van der Waals surface area contributed by atoms with E-state index in [4.69, 9.17) is 4.52 Å². The maximum atomic E-state index is 12.3. The van der Waals surface area contributed by atoms with Crippen LogP contribution in [0.5, 0.6) is 0 Å². The number of nitrogens with one attached hydrogen (secondary N) is 2. The second-order valence-electron chi connectivity index (χ2n) is 6.50. The Labute approximate surface area is 158 Å². The molecule has 140 valence electrons. The topological polar surface area (TPSA) is 87.5 Å². The lowest BCUT2D eigenvalue weighted by atomic mass is 9.92. The Morgan fingerprint density at radius 3 is 2.60 bits per heavy atom. The Kier molecular flexibility index (Phi) is 7.58. The van der Waals surface area contributed by atoms with Gasteiger partial charge in [-0.05, 0) is 44.7 Å². The molecule has 2 amide bonds. The summed E-state index contributed by atoms with van der Waals surface area (Å²) >= 11 is 1.34. The van der Waals surface area contributed by atoms with Crippen LogP contribution in [-0.4, -0.2) is 59.6 Å². The van der Waals surface area contributed by atoms with Crippen molar-refractivity contribution >= 4 is 41.8 Å². The fourth-order valence-corrected chi connectivity index (χ4v) is 4.11. The third-order valence-corrected chi connectivity index (χ3v) is 5.64. The van der Waals surface area contributed by atoms with Gasteiger partial charge in [-0.2, -0.15) is 0 Å². The van der Waals surface area contributed by atoms with E-state index in [9.17, 15) is 9.59 Å². The number of rotatable bonds is 5. The molecule has 0 bridgehead atoms. The van der Waals surface area contributed by atoms with Crippen LogP contribution in [0.25, 0.3) is 0 Å². The van der Waals surface area contributed by atoms with Crippen molar-refractivity contribution in [2.45, 2.75) is 19.8 Å². The number of nitrogens with zero attached hydrogens (tertiary/aromatic N) is 2. The van der Waals surface area contributed by atoms with Crippen molar-refractivity contribution in [2.24, 2.45) is 11.8 Å². The smallest absolute Gasteiger partial charge is 0.235 e. The van der Waals surface area contributed by atoms with Gasteiger partial charge < -0.3 is 20.1 Å². The first-order chi connectivity index (χ1) is 11.6. The monoisotopic (exact) mass is 388 g/mol. The third-order valence-electron chi connectivity index (χ3n) is 4.73. The average molecular weight is 389 g/mol. The predicted octanol–water partition coefficient (Wildman–Crippen LogP) is 1.53. The van der Waals surface area contributed by atoms with Gasteiger partial charge in [-0.1, -0.05) is 5.16 Å². The number of amides is 2. The molecule has 1 aromatic heterocycles. The van der Waals surface area contributed by atoms with Crippen molar-refractivity contribution in [3.8, 4) is 0 Å². The van der Waals surface area contributed by atoms with Gasteiger partial charge in [0.05, 0.1) is 11.5 Å². The van der Waals surface area contributed by atoms with Gasteiger partial charge in [-0.25, -0.2) is 0 Å². The molecule has 2 aliphatic heterocycles. The van der Waals surface area contributed by atoms with Gasteiger partial charge in [-0.15, -0.1) is 24.2 Å². The standard InChI is InChI=1S/C16H24N4O3S.ClH/c1-11-6-14(19-23-11)18-15(21)9-24-10-16(22)20-4-2-12-7-17-8-13(12)3-5-20;/h6,12-13,17H,2-5,7-10H2,1H3,(H,18,19,21);1H/t12-,13+;. The number of fused-ring (bicyclic) bond motifs is 1. The number of anilines is 1. The van der Waals surface area contributed by atoms with Crippen LogP contribution in [-0.2, 0) is 9.59 Å². The maximum absolute atomic E-state index is 12.3. The molecule has 0 unspecified atom stereocenters. The van der Waals surface area contributed by atoms with Crippen LogP contribution in [0.3, 0.4) is 0 Å². The van der Waals surface area contributed by atoms with E-state index in [0.29, 0.717) is 29.2 Å². The molecule has 3 heterocycles. The number of carbonyl (C=O) groups excluding carboxylic acids is 2. The zero-order valence-corrected chi connectivity index (χ0v) is 16.0. The number of hydrogen-bond donors (Lipinski definition) is 2. The third kappa shape index (κ3) is 5.62. The Balaban J connectivity index is 0.00000225. The number of thioether (sulfide) groups is 1. The van der Waals surface area contributed by atoms with Crippen LogP contribution in [0.2, 0.25) is 0 Å². The molecule has 25 heavy (non-hydrogen) atoms. The number of likely N-dealkylation sites (tertiary alicyclic amines) is 1. The molecule has 1 aromatic rings. The summed E-state index contributed by atoms with van der Waals surface area (Å²) in [7, 11) is 0. The lowest BCUT2D eigenvalue weighted by Gasteiger charge is -2.20. The lowest BCUT2D eigenvalue weighted by molar-refractivity contribution is -0.128.